The quantitative estimate of drug-likeness (QED) is 0.900. The van der Waals surface area contributed by atoms with Gasteiger partial charge in [-0.25, -0.2) is 4.39 Å². The smallest absolute Gasteiger partial charge is 0.226 e. The topological polar surface area (TPSA) is 64.9 Å². The third-order valence-electron chi connectivity index (χ3n) is 2.80. The number of nitrogens with two attached hydrogens (primary N) is 1. The molecule has 0 radical (unpaired) electrons. The van der Waals surface area contributed by atoms with E-state index in [9.17, 15) is 4.39 Å². The Labute approximate surface area is 111 Å². The summed E-state index contributed by atoms with van der Waals surface area (Å²) in [5.41, 5.74) is 6.19. The SMILES string of the molecule is CC(C)(N)CCc1nc(Cc2ccccc2F)no1. The maximum atomic E-state index is 13.5. The third-order valence-corrected chi connectivity index (χ3v) is 2.80. The fourth-order valence-electron chi connectivity index (χ4n) is 1.70. The van der Waals surface area contributed by atoms with E-state index < -0.39 is 0 Å². The summed E-state index contributed by atoms with van der Waals surface area (Å²) in [4.78, 5) is 4.25. The zero-order chi connectivity index (χ0) is 13.9. The fourth-order valence-corrected chi connectivity index (χ4v) is 1.70. The first-order valence-electron chi connectivity index (χ1n) is 6.28. The summed E-state index contributed by atoms with van der Waals surface area (Å²) >= 11 is 0. The van der Waals surface area contributed by atoms with Crippen LogP contribution < -0.4 is 5.73 Å². The van der Waals surface area contributed by atoms with E-state index in [2.05, 4.69) is 10.1 Å². The van der Waals surface area contributed by atoms with Gasteiger partial charge in [-0.2, -0.15) is 4.98 Å². The first-order chi connectivity index (χ1) is 8.94. The van der Waals surface area contributed by atoms with Gasteiger partial charge in [0.1, 0.15) is 5.82 Å². The van der Waals surface area contributed by atoms with Crippen LogP contribution in [-0.4, -0.2) is 15.7 Å². The first-order valence-corrected chi connectivity index (χ1v) is 6.28. The molecule has 0 atom stereocenters. The molecule has 0 saturated heterocycles. The van der Waals surface area contributed by atoms with Gasteiger partial charge in [-0.1, -0.05) is 23.4 Å². The minimum absolute atomic E-state index is 0.253. The van der Waals surface area contributed by atoms with Gasteiger partial charge in [0.15, 0.2) is 5.82 Å². The molecular weight excluding hydrogens is 245 g/mol. The molecule has 0 spiro atoms. The molecule has 1 heterocycles. The number of aryl methyl sites for hydroxylation is 1. The molecule has 2 aromatic rings. The fraction of sp³-hybridized carbons (Fsp3) is 0.429. The van der Waals surface area contributed by atoms with Crippen molar-refractivity contribution in [3.05, 3.63) is 47.4 Å². The second kappa shape index (κ2) is 5.48. The van der Waals surface area contributed by atoms with Crippen molar-refractivity contribution in [2.75, 3.05) is 0 Å². The molecule has 102 valence electrons. The standard InChI is InChI=1S/C14H18FN3O/c1-14(2,16)8-7-13-17-12(18-19-13)9-10-5-3-4-6-11(10)15/h3-6H,7-9,16H2,1-2H3. The van der Waals surface area contributed by atoms with E-state index >= 15 is 0 Å². The summed E-state index contributed by atoms with van der Waals surface area (Å²) in [6.07, 6.45) is 1.73. The largest absolute Gasteiger partial charge is 0.339 e. The number of nitrogens with zero attached hydrogens (tertiary/aromatic N) is 2. The van der Waals surface area contributed by atoms with E-state index in [1.165, 1.54) is 6.07 Å². The summed E-state index contributed by atoms with van der Waals surface area (Å²) in [7, 11) is 0. The summed E-state index contributed by atoms with van der Waals surface area (Å²) in [6, 6.07) is 6.59. The average Bonchev–Trinajstić information content (AvgIpc) is 2.77. The van der Waals surface area contributed by atoms with E-state index in [1.54, 1.807) is 18.2 Å². The Morgan fingerprint density at radius 3 is 2.74 bits per heavy atom. The highest BCUT2D eigenvalue weighted by molar-refractivity contribution is 5.20. The molecule has 1 aromatic carbocycles. The van der Waals surface area contributed by atoms with E-state index in [0.717, 1.165) is 6.42 Å². The number of benzene rings is 1. The van der Waals surface area contributed by atoms with Crippen LogP contribution in [0, 0.1) is 5.82 Å². The molecule has 0 aliphatic heterocycles. The summed E-state index contributed by atoms with van der Waals surface area (Å²) in [5, 5.41) is 3.86. The minimum atomic E-state index is -0.264. The zero-order valence-electron chi connectivity index (χ0n) is 11.2. The Bertz CT molecular complexity index is 546. The Hall–Kier alpha value is -1.75. The highest BCUT2D eigenvalue weighted by Gasteiger charge is 2.14. The lowest BCUT2D eigenvalue weighted by Gasteiger charge is -2.16. The van der Waals surface area contributed by atoms with E-state index in [1.807, 2.05) is 13.8 Å². The molecule has 4 nitrogen and oxygen atoms in total. The lowest BCUT2D eigenvalue weighted by atomic mass is 10.0. The monoisotopic (exact) mass is 263 g/mol. The van der Waals surface area contributed by atoms with Crippen LogP contribution in [0.4, 0.5) is 4.39 Å². The summed E-state index contributed by atoms with van der Waals surface area (Å²) in [6.45, 7) is 3.90. The molecule has 0 aliphatic carbocycles. The molecule has 0 fully saturated rings. The van der Waals surface area contributed by atoms with Gasteiger partial charge in [-0.3, -0.25) is 0 Å². The summed E-state index contributed by atoms with van der Waals surface area (Å²) in [5.74, 6) is 0.789. The van der Waals surface area contributed by atoms with E-state index in [0.29, 0.717) is 30.1 Å². The minimum Gasteiger partial charge on any atom is -0.339 e. The lowest BCUT2D eigenvalue weighted by Crippen LogP contribution is -2.32. The van der Waals surface area contributed by atoms with Crippen molar-refractivity contribution in [3.63, 3.8) is 0 Å². The molecule has 2 N–H and O–H groups in total. The van der Waals surface area contributed by atoms with Crippen LogP contribution in [0.2, 0.25) is 0 Å². The molecular formula is C14H18FN3O. The molecule has 0 saturated carbocycles. The average molecular weight is 263 g/mol. The predicted octanol–water partition coefficient (Wildman–Crippen LogP) is 2.47. The molecule has 5 heteroatoms. The normalized spacial score (nSPS) is 11.8. The Kier molecular flexibility index (Phi) is 3.95. The van der Waals surface area contributed by atoms with Crippen LogP contribution in [0.15, 0.2) is 28.8 Å². The van der Waals surface area contributed by atoms with Crippen molar-refractivity contribution in [2.45, 2.75) is 38.6 Å². The third kappa shape index (κ3) is 4.13. The van der Waals surface area contributed by atoms with Gasteiger partial charge >= 0.3 is 0 Å². The predicted molar refractivity (Wildman–Crippen MR) is 70.1 cm³/mol. The first kappa shape index (κ1) is 13.7. The van der Waals surface area contributed by atoms with Gasteiger partial charge < -0.3 is 10.3 Å². The van der Waals surface area contributed by atoms with Gasteiger partial charge in [0.05, 0.1) is 0 Å². The van der Waals surface area contributed by atoms with Crippen LogP contribution in [-0.2, 0) is 12.8 Å². The van der Waals surface area contributed by atoms with Crippen molar-refractivity contribution in [1.82, 2.24) is 10.1 Å². The molecule has 0 amide bonds. The number of halogens is 1. The van der Waals surface area contributed by atoms with Gasteiger partial charge in [-0.15, -0.1) is 0 Å². The maximum absolute atomic E-state index is 13.5. The van der Waals surface area contributed by atoms with Crippen molar-refractivity contribution in [2.24, 2.45) is 5.73 Å². The highest BCUT2D eigenvalue weighted by Crippen LogP contribution is 2.13. The van der Waals surface area contributed by atoms with Crippen LogP contribution in [0.25, 0.3) is 0 Å². The van der Waals surface area contributed by atoms with Crippen molar-refractivity contribution in [3.8, 4) is 0 Å². The van der Waals surface area contributed by atoms with Crippen molar-refractivity contribution >= 4 is 0 Å². The Morgan fingerprint density at radius 2 is 2.05 bits per heavy atom. The van der Waals surface area contributed by atoms with E-state index in [-0.39, 0.29) is 11.4 Å². The van der Waals surface area contributed by atoms with Gasteiger partial charge in [0.25, 0.3) is 0 Å². The highest BCUT2D eigenvalue weighted by atomic mass is 19.1. The van der Waals surface area contributed by atoms with Gasteiger partial charge in [0.2, 0.25) is 5.89 Å². The maximum Gasteiger partial charge on any atom is 0.226 e. The number of aromatic nitrogens is 2. The van der Waals surface area contributed by atoms with Crippen LogP contribution in [0.5, 0.6) is 0 Å². The zero-order valence-corrected chi connectivity index (χ0v) is 11.2. The van der Waals surface area contributed by atoms with Crippen LogP contribution >= 0.6 is 0 Å². The molecule has 0 unspecified atom stereocenters. The summed E-state index contributed by atoms with van der Waals surface area (Å²) < 4.78 is 18.6. The van der Waals surface area contributed by atoms with E-state index in [4.69, 9.17) is 10.3 Å². The molecule has 2 rings (SSSR count). The molecule has 19 heavy (non-hydrogen) atoms. The van der Waals surface area contributed by atoms with Gasteiger partial charge in [-0.05, 0) is 31.9 Å². The molecule has 1 aromatic heterocycles. The van der Waals surface area contributed by atoms with Crippen molar-refractivity contribution in [1.29, 1.82) is 0 Å². The second-order valence-electron chi connectivity index (χ2n) is 5.36. The Morgan fingerprint density at radius 1 is 1.32 bits per heavy atom. The molecule has 0 aliphatic rings. The van der Waals surface area contributed by atoms with Gasteiger partial charge in [0, 0.05) is 18.4 Å². The van der Waals surface area contributed by atoms with Crippen molar-refractivity contribution < 1.29 is 8.91 Å². The lowest BCUT2D eigenvalue weighted by molar-refractivity contribution is 0.355. The van der Waals surface area contributed by atoms with Crippen LogP contribution in [0.3, 0.4) is 0 Å². The number of hydrogen-bond donors (Lipinski definition) is 1. The number of hydrogen-bond acceptors (Lipinski definition) is 4. The molecule has 0 bridgehead atoms. The Balaban J connectivity index is 2.00. The van der Waals surface area contributed by atoms with Crippen LogP contribution in [0.1, 0.15) is 37.5 Å². The number of rotatable bonds is 5. The second-order valence-corrected chi connectivity index (χ2v) is 5.36.